The molecule has 3 atom stereocenters. The van der Waals surface area contributed by atoms with E-state index in [2.05, 4.69) is 18.6 Å². The Kier molecular flexibility index (Phi) is 6.67. The Labute approximate surface area is 143 Å². The molecule has 2 N–H and O–H groups in total. The summed E-state index contributed by atoms with van der Waals surface area (Å²) in [6.45, 7) is 14.8. The summed E-state index contributed by atoms with van der Waals surface area (Å²) in [5.74, 6) is 0.776. The topological polar surface area (TPSA) is 69.6 Å². The molecular weight excluding hydrogens is 312 g/mol. The van der Waals surface area contributed by atoms with E-state index < -0.39 is 17.1 Å². The van der Waals surface area contributed by atoms with Crippen molar-refractivity contribution in [2.24, 2.45) is 11.8 Å². The number of carbonyl (C=O) groups is 1. The van der Waals surface area contributed by atoms with Crippen LogP contribution in [0.15, 0.2) is 0 Å². The van der Waals surface area contributed by atoms with Crippen molar-refractivity contribution in [2.75, 3.05) is 6.54 Å². The van der Waals surface area contributed by atoms with E-state index in [1.807, 2.05) is 34.6 Å². The molecule has 0 aromatic rings. The molecule has 0 aliphatic carbocycles. The van der Waals surface area contributed by atoms with Crippen LogP contribution < -0.4 is 4.72 Å². The molecule has 1 aliphatic rings. The first-order chi connectivity index (χ1) is 10.3. The smallest absolute Gasteiger partial charge is 0.407 e. The largest absolute Gasteiger partial charge is 0.465 e. The van der Waals surface area contributed by atoms with Crippen molar-refractivity contribution in [3.8, 4) is 0 Å². The van der Waals surface area contributed by atoms with Gasteiger partial charge in [0.15, 0.2) is 0 Å². The molecule has 1 heterocycles. The monoisotopic (exact) mass is 346 g/mol. The zero-order valence-electron chi connectivity index (χ0n) is 15.7. The molecule has 0 bridgehead atoms. The van der Waals surface area contributed by atoms with Crippen molar-refractivity contribution in [1.82, 2.24) is 9.62 Å². The van der Waals surface area contributed by atoms with Crippen molar-refractivity contribution in [3.63, 3.8) is 0 Å². The second kappa shape index (κ2) is 7.51. The summed E-state index contributed by atoms with van der Waals surface area (Å²) in [7, 11) is -1.08. The maximum atomic E-state index is 12.3. The summed E-state index contributed by atoms with van der Waals surface area (Å²) in [5, 5.41) is 9.31. The van der Waals surface area contributed by atoms with Gasteiger partial charge in [0.2, 0.25) is 0 Å². The maximum absolute atomic E-state index is 12.3. The van der Waals surface area contributed by atoms with Crippen LogP contribution in [0.2, 0.25) is 0 Å². The molecule has 1 saturated heterocycles. The van der Waals surface area contributed by atoms with E-state index in [-0.39, 0.29) is 16.3 Å². The lowest BCUT2D eigenvalue weighted by Gasteiger charge is -2.28. The minimum atomic E-state index is -1.08. The number of nitrogens with zero attached hydrogens (tertiary/aromatic N) is 1. The van der Waals surface area contributed by atoms with Gasteiger partial charge in [-0.2, -0.15) is 0 Å². The molecule has 2 unspecified atom stereocenters. The summed E-state index contributed by atoms with van der Waals surface area (Å²) in [6, 6.07) is 0.192. The molecule has 0 aromatic heterocycles. The first-order valence-corrected chi connectivity index (χ1v) is 9.68. The van der Waals surface area contributed by atoms with Gasteiger partial charge >= 0.3 is 6.09 Å². The number of hydrogen-bond acceptors (Lipinski definition) is 2. The Hall–Kier alpha value is -0.620. The standard InChI is InChI=1S/C17H34N2O3S/c1-12(2)14(18-23(22)16(3,4)5)9-8-13-10-17(6,7)19(11-13)15(20)21/h12-14,18H,8-11H2,1-7H3,(H,20,21)/t13-,14?,23?/m0/s1. The molecule has 6 heteroatoms. The maximum Gasteiger partial charge on any atom is 0.407 e. The average molecular weight is 347 g/mol. The molecule has 5 nitrogen and oxygen atoms in total. The number of likely N-dealkylation sites (tertiary alicyclic amines) is 1. The Balaban J connectivity index is 2.60. The SMILES string of the molecule is CC(C)C(CC[C@@H]1CN(C(=O)O)C(C)(C)C1)NS(=O)C(C)(C)C. The molecule has 1 amide bonds. The fourth-order valence-corrected chi connectivity index (χ4v) is 4.19. The molecular formula is C17H34N2O3S. The first kappa shape index (κ1) is 20.4. The highest BCUT2D eigenvalue weighted by Gasteiger charge is 2.41. The van der Waals surface area contributed by atoms with Crippen molar-refractivity contribution in [1.29, 1.82) is 0 Å². The molecule has 1 fully saturated rings. The van der Waals surface area contributed by atoms with E-state index in [0.29, 0.717) is 18.4 Å². The van der Waals surface area contributed by atoms with Gasteiger partial charge in [-0.05, 0) is 65.7 Å². The summed E-state index contributed by atoms with van der Waals surface area (Å²) in [6.07, 6.45) is 1.95. The van der Waals surface area contributed by atoms with Gasteiger partial charge in [0.05, 0.1) is 15.7 Å². The Bertz CT molecular complexity index is 444. The van der Waals surface area contributed by atoms with Gasteiger partial charge in [0.25, 0.3) is 0 Å². The van der Waals surface area contributed by atoms with E-state index in [1.54, 1.807) is 4.90 Å². The number of rotatable bonds is 6. The van der Waals surface area contributed by atoms with Crippen LogP contribution in [0, 0.1) is 11.8 Å². The lowest BCUT2D eigenvalue weighted by atomic mass is 9.90. The van der Waals surface area contributed by atoms with Crippen molar-refractivity contribution in [2.45, 2.75) is 84.1 Å². The van der Waals surface area contributed by atoms with E-state index in [9.17, 15) is 14.1 Å². The highest BCUT2D eigenvalue weighted by Crippen LogP contribution is 2.35. The Morgan fingerprint density at radius 2 is 1.96 bits per heavy atom. The normalized spacial score (nSPS) is 24.0. The van der Waals surface area contributed by atoms with Gasteiger partial charge < -0.3 is 10.0 Å². The zero-order valence-corrected chi connectivity index (χ0v) is 16.5. The molecule has 1 aliphatic heterocycles. The van der Waals surface area contributed by atoms with Crippen LogP contribution in [-0.2, 0) is 11.0 Å². The van der Waals surface area contributed by atoms with E-state index in [0.717, 1.165) is 19.3 Å². The number of hydrogen-bond donors (Lipinski definition) is 2. The van der Waals surface area contributed by atoms with Crippen molar-refractivity contribution in [3.05, 3.63) is 0 Å². The first-order valence-electron chi connectivity index (χ1n) is 8.53. The fourth-order valence-electron chi connectivity index (χ4n) is 3.17. The summed E-state index contributed by atoms with van der Waals surface area (Å²) in [5.41, 5.74) is -0.286. The summed E-state index contributed by atoms with van der Waals surface area (Å²) < 4.78 is 15.3. The highest BCUT2D eigenvalue weighted by atomic mass is 32.2. The van der Waals surface area contributed by atoms with Crippen LogP contribution in [0.25, 0.3) is 0 Å². The quantitative estimate of drug-likeness (QED) is 0.772. The summed E-state index contributed by atoms with van der Waals surface area (Å²) >= 11 is 0. The number of nitrogens with one attached hydrogen (secondary N) is 1. The minimum absolute atomic E-state index is 0.192. The zero-order chi connectivity index (χ0) is 18.0. The lowest BCUT2D eigenvalue weighted by Crippen LogP contribution is -2.42. The average Bonchev–Trinajstić information content (AvgIpc) is 2.67. The van der Waals surface area contributed by atoms with Crippen LogP contribution in [0.5, 0.6) is 0 Å². The predicted molar refractivity (Wildman–Crippen MR) is 95.8 cm³/mol. The number of amides is 1. The summed E-state index contributed by atoms with van der Waals surface area (Å²) in [4.78, 5) is 12.9. The van der Waals surface area contributed by atoms with Gasteiger partial charge in [-0.15, -0.1) is 0 Å². The second-order valence-corrected chi connectivity index (χ2v) is 10.7. The van der Waals surface area contributed by atoms with E-state index >= 15 is 0 Å². The van der Waals surface area contributed by atoms with Gasteiger partial charge in [0.1, 0.15) is 0 Å². The molecule has 0 aromatic carbocycles. The van der Waals surface area contributed by atoms with Crippen LogP contribution >= 0.6 is 0 Å². The van der Waals surface area contributed by atoms with Gasteiger partial charge in [-0.3, -0.25) is 0 Å². The van der Waals surface area contributed by atoms with Crippen LogP contribution in [0.1, 0.15) is 67.7 Å². The van der Waals surface area contributed by atoms with Crippen LogP contribution in [0.4, 0.5) is 4.79 Å². The second-order valence-electron chi connectivity index (χ2n) is 8.70. The lowest BCUT2D eigenvalue weighted by molar-refractivity contribution is 0.117. The number of carboxylic acid groups (broad SMARTS) is 1. The molecule has 0 saturated carbocycles. The third-order valence-corrected chi connectivity index (χ3v) is 6.33. The van der Waals surface area contributed by atoms with Crippen molar-refractivity contribution < 1.29 is 14.1 Å². The van der Waals surface area contributed by atoms with Gasteiger partial charge in [-0.25, -0.2) is 13.7 Å². The van der Waals surface area contributed by atoms with Crippen LogP contribution in [-0.4, -0.2) is 43.2 Å². The predicted octanol–water partition coefficient (Wildman–Crippen LogP) is 3.62. The Morgan fingerprint density at radius 3 is 2.35 bits per heavy atom. The van der Waals surface area contributed by atoms with E-state index in [1.165, 1.54) is 0 Å². The van der Waals surface area contributed by atoms with Crippen molar-refractivity contribution >= 4 is 17.1 Å². The third kappa shape index (κ3) is 5.75. The molecule has 23 heavy (non-hydrogen) atoms. The highest BCUT2D eigenvalue weighted by molar-refractivity contribution is 7.84. The van der Waals surface area contributed by atoms with Crippen LogP contribution in [0.3, 0.4) is 0 Å². The Morgan fingerprint density at radius 1 is 1.39 bits per heavy atom. The van der Waals surface area contributed by atoms with Gasteiger partial charge in [-0.1, -0.05) is 13.8 Å². The fraction of sp³-hybridized carbons (Fsp3) is 0.941. The van der Waals surface area contributed by atoms with E-state index in [4.69, 9.17) is 0 Å². The van der Waals surface area contributed by atoms with Gasteiger partial charge in [0, 0.05) is 18.1 Å². The molecule has 0 spiro atoms. The molecule has 136 valence electrons. The third-order valence-electron chi connectivity index (χ3n) is 4.70. The minimum Gasteiger partial charge on any atom is -0.465 e. The molecule has 1 rings (SSSR count). The molecule has 0 radical (unpaired) electrons.